The Labute approximate surface area is 76.0 Å². The van der Waals surface area contributed by atoms with E-state index in [1.54, 1.807) is 6.92 Å². The van der Waals surface area contributed by atoms with Crippen LogP contribution in [0.5, 0.6) is 0 Å². The summed E-state index contributed by atoms with van der Waals surface area (Å²) < 4.78 is 4.85. The van der Waals surface area contributed by atoms with Gasteiger partial charge in [0.25, 0.3) is 0 Å². The predicted molar refractivity (Wildman–Crippen MR) is 50.3 cm³/mol. The molecule has 12 heavy (non-hydrogen) atoms. The van der Waals surface area contributed by atoms with Gasteiger partial charge in [-0.25, -0.2) is 4.79 Å². The number of hydrogen-bond acceptors (Lipinski definition) is 3. The first kappa shape index (κ1) is 11.4. The summed E-state index contributed by atoms with van der Waals surface area (Å²) in [7, 11) is 0.890. The van der Waals surface area contributed by atoms with Gasteiger partial charge in [-0.1, -0.05) is 13.1 Å². The second-order valence-corrected chi connectivity index (χ2v) is 3.51. The smallest absolute Gasteiger partial charge is 0.333 e. The maximum Gasteiger partial charge on any atom is 0.333 e. The average Bonchev–Trinajstić information content (AvgIpc) is 2.03. The molecular formula is C8H15NO2Si. The molecular weight excluding hydrogens is 170 g/mol. The average molecular weight is 185 g/mol. The van der Waals surface area contributed by atoms with Gasteiger partial charge in [0.1, 0.15) is 6.61 Å². The quantitative estimate of drug-likeness (QED) is 0.282. The number of ether oxygens (including phenoxy) is 1. The Morgan fingerprint density at radius 3 is 2.83 bits per heavy atom. The third-order valence-corrected chi connectivity index (χ3v) is 1.77. The molecule has 0 heterocycles. The van der Waals surface area contributed by atoms with Crippen LogP contribution in [-0.4, -0.2) is 34.8 Å². The van der Waals surface area contributed by atoms with Crippen molar-refractivity contribution in [1.29, 1.82) is 0 Å². The maximum atomic E-state index is 10.8. The van der Waals surface area contributed by atoms with Crippen molar-refractivity contribution in [3.63, 3.8) is 0 Å². The van der Waals surface area contributed by atoms with Crippen LogP contribution in [0.15, 0.2) is 12.2 Å². The summed E-state index contributed by atoms with van der Waals surface area (Å²) in [6.07, 6.45) is 0.991. The van der Waals surface area contributed by atoms with Crippen molar-refractivity contribution in [2.24, 2.45) is 0 Å². The van der Waals surface area contributed by atoms with Gasteiger partial charge in [-0.15, -0.1) is 0 Å². The van der Waals surface area contributed by atoms with Crippen molar-refractivity contribution >= 4 is 15.5 Å². The number of nitrogens with one attached hydrogen (secondary N) is 1. The molecule has 0 bridgehead atoms. The lowest BCUT2D eigenvalue weighted by Crippen LogP contribution is -2.24. The van der Waals surface area contributed by atoms with E-state index in [0.29, 0.717) is 12.2 Å². The molecule has 0 aromatic heterocycles. The first-order chi connectivity index (χ1) is 5.68. The topological polar surface area (TPSA) is 38.3 Å². The fraction of sp³-hybridized carbons (Fsp3) is 0.625. The van der Waals surface area contributed by atoms with Gasteiger partial charge >= 0.3 is 5.97 Å². The van der Waals surface area contributed by atoms with Crippen LogP contribution in [-0.2, 0) is 9.53 Å². The molecule has 0 aliphatic heterocycles. The van der Waals surface area contributed by atoms with E-state index in [9.17, 15) is 4.79 Å². The minimum atomic E-state index is -0.309. The molecule has 0 aliphatic carbocycles. The SMILES string of the molecule is C=C(C)C(=O)OCCNC[Si]C. The monoisotopic (exact) mass is 185 g/mol. The second kappa shape index (κ2) is 7.06. The maximum absolute atomic E-state index is 10.8. The summed E-state index contributed by atoms with van der Waals surface area (Å²) in [6, 6.07) is 0. The Hall–Kier alpha value is -0.613. The number of esters is 1. The zero-order valence-corrected chi connectivity index (χ0v) is 8.64. The van der Waals surface area contributed by atoms with E-state index < -0.39 is 0 Å². The van der Waals surface area contributed by atoms with E-state index in [-0.39, 0.29) is 5.97 Å². The molecule has 0 aliphatic rings. The number of carbonyl (C=O) groups excluding carboxylic acids is 1. The molecule has 0 rings (SSSR count). The van der Waals surface area contributed by atoms with Gasteiger partial charge in [0, 0.05) is 12.1 Å². The van der Waals surface area contributed by atoms with E-state index in [4.69, 9.17) is 4.74 Å². The van der Waals surface area contributed by atoms with Gasteiger partial charge in [0.2, 0.25) is 0 Å². The first-order valence-corrected chi connectivity index (χ1v) is 5.57. The molecule has 0 fully saturated rings. The van der Waals surface area contributed by atoms with E-state index >= 15 is 0 Å². The van der Waals surface area contributed by atoms with E-state index in [0.717, 1.165) is 22.2 Å². The number of carbonyl (C=O) groups is 1. The summed E-state index contributed by atoms with van der Waals surface area (Å²) >= 11 is 0. The summed E-state index contributed by atoms with van der Waals surface area (Å²) in [5.74, 6) is -0.309. The standard InChI is InChI=1S/C8H15NO2Si/c1-7(2)8(10)11-5-4-9-6-12-3/h9H,1,4-6H2,2-3H3. The lowest BCUT2D eigenvalue weighted by molar-refractivity contribution is -0.138. The minimum Gasteiger partial charge on any atom is -0.461 e. The highest BCUT2D eigenvalue weighted by molar-refractivity contribution is 6.33. The van der Waals surface area contributed by atoms with Crippen molar-refractivity contribution in [2.75, 3.05) is 19.3 Å². The third kappa shape index (κ3) is 6.12. The highest BCUT2D eigenvalue weighted by Gasteiger charge is 2.00. The molecule has 2 radical (unpaired) electrons. The molecule has 0 unspecified atom stereocenters. The molecule has 4 heteroatoms. The highest BCUT2D eigenvalue weighted by atomic mass is 28.2. The van der Waals surface area contributed by atoms with Crippen molar-refractivity contribution in [3.8, 4) is 0 Å². The lowest BCUT2D eigenvalue weighted by Gasteiger charge is -2.04. The van der Waals surface area contributed by atoms with Crippen LogP contribution in [0, 0.1) is 0 Å². The Bertz CT molecular complexity index is 159. The highest BCUT2D eigenvalue weighted by Crippen LogP contribution is 1.90. The van der Waals surface area contributed by atoms with Crippen LogP contribution in [0.4, 0.5) is 0 Å². The summed E-state index contributed by atoms with van der Waals surface area (Å²) in [5.41, 5.74) is 0.451. The van der Waals surface area contributed by atoms with Crippen molar-refractivity contribution in [1.82, 2.24) is 5.32 Å². The van der Waals surface area contributed by atoms with Crippen molar-refractivity contribution < 1.29 is 9.53 Å². The molecule has 0 saturated carbocycles. The van der Waals surface area contributed by atoms with Gasteiger partial charge in [0.05, 0.1) is 9.52 Å². The molecule has 1 N–H and O–H groups in total. The molecule has 3 nitrogen and oxygen atoms in total. The van der Waals surface area contributed by atoms with Crippen LogP contribution in [0.1, 0.15) is 6.92 Å². The van der Waals surface area contributed by atoms with Crippen LogP contribution >= 0.6 is 0 Å². The summed E-state index contributed by atoms with van der Waals surface area (Å²) in [6.45, 7) is 8.39. The zero-order chi connectivity index (χ0) is 9.40. The van der Waals surface area contributed by atoms with E-state index in [2.05, 4.69) is 18.4 Å². The fourth-order valence-electron chi connectivity index (χ4n) is 0.552. The molecule has 0 aromatic carbocycles. The second-order valence-electron chi connectivity index (χ2n) is 2.45. The van der Waals surface area contributed by atoms with Crippen molar-refractivity contribution in [2.45, 2.75) is 13.5 Å². The van der Waals surface area contributed by atoms with Crippen LogP contribution in [0.3, 0.4) is 0 Å². The Kier molecular flexibility index (Phi) is 6.70. The normalized spacial score (nSPS) is 9.50. The van der Waals surface area contributed by atoms with E-state index in [1.165, 1.54) is 0 Å². The van der Waals surface area contributed by atoms with E-state index in [1.807, 2.05) is 0 Å². The Morgan fingerprint density at radius 2 is 2.33 bits per heavy atom. The largest absolute Gasteiger partial charge is 0.461 e. The van der Waals surface area contributed by atoms with Gasteiger partial charge < -0.3 is 10.1 Å². The predicted octanol–water partition coefficient (Wildman–Crippen LogP) is 0.405. The lowest BCUT2D eigenvalue weighted by atomic mass is 10.4. The molecule has 0 aromatic rings. The Balaban J connectivity index is 3.20. The molecule has 0 saturated heterocycles. The number of hydrogen-bond donors (Lipinski definition) is 1. The summed E-state index contributed by atoms with van der Waals surface area (Å²) in [5, 5.41) is 3.13. The van der Waals surface area contributed by atoms with Gasteiger partial charge in [-0.05, 0) is 13.1 Å². The fourth-order valence-corrected chi connectivity index (χ4v) is 0.979. The van der Waals surface area contributed by atoms with Crippen LogP contribution in [0.25, 0.3) is 0 Å². The van der Waals surface area contributed by atoms with Gasteiger partial charge in [0.15, 0.2) is 0 Å². The van der Waals surface area contributed by atoms with Gasteiger partial charge in [-0.2, -0.15) is 0 Å². The molecule has 68 valence electrons. The minimum absolute atomic E-state index is 0.309. The van der Waals surface area contributed by atoms with Crippen LogP contribution < -0.4 is 5.32 Å². The third-order valence-electron chi connectivity index (χ3n) is 1.16. The van der Waals surface area contributed by atoms with Crippen molar-refractivity contribution in [3.05, 3.63) is 12.2 Å². The first-order valence-electron chi connectivity index (χ1n) is 3.86. The molecule has 0 spiro atoms. The van der Waals surface area contributed by atoms with Gasteiger partial charge in [-0.3, -0.25) is 0 Å². The zero-order valence-electron chi connectivity index (χ0n) is 7.64. The number of rotatable bonds is 6. The Morgan fingerprint density at radius 1 is 1.67 bits per heavy atom. The molecule has 0 amide bonds. The van der Waals surface area contributed by atoms with Crippen LogP contribution in [0.2, 0.25) is 6.55 Å². The molecule has 0 atom stereocenters. The summed E-state index contributed by atoms with van der Waals surface area (Å²) in [4.78, 5) is 10.8.